The predicted octanol–water partition coefficient (Wildman–Crippen LogP) is 5.29. The van der Waals surface area contributed by atoms with Crippen LogP contribution in [0, 0.1) is 5.41 Å². The topological polar surface area (TPSA) is 47.1 Å². The van der Waals surface area contributed by atoms with Crippen molar-refractivity contribution in [3.05, 3.63) is 78.9 Å². The molecule has 0 radical (unpaired) electrons. The molecule has 1 aliphatic rings. The molecule has 1 aliphatic heterocycles. The van der Waals surface area contributed by atoms with Crippen molar-refractivity contribution < 1.29 is 0 Å². The van der Waals surface area contributed by atoms with Crippen molar-refractivity contribution in [2.75, 3.05) is 5.84 Å². The quantitative estimate of drug-likeness (QED) is 0.512. The maximum atomic E-state index is 6.31. The average Bonchev–Trinajstić information content (AvgIpc) is 3.14. The van der Waals surface area contributed by atoms with Gasteiger partial charge in [-0.05, 0) is 30.5 Å². The lowest BCUT2D eigenvalue weighted by Crippen LogP contribution is -2.27. The molecule has 1 unspecified atom stereocenters. The van der Waals surface area contributed by atoms with E-state index in [9.17, 15) is 0 Å². The number of hydrogen-bond donors (Lipinski definition) is 1. The first-order chi connectivity index (χ1) is 13.1. The minimum atomic E-state index is -0.0268. The fraction of sp³-hybridized carbons (Fsp3) is 0.348. The van der Waals surface area contributed by atoms with Crippen molar-refractivity contribution in [3.63, 3.8) is 0 Å². The van der Waals surface area contributed by atoms with Crippen molar-refractivity contribution >= 4 is 11.0 Å². The number of nitrogens with zero attached hydrogens (tertiary/aromatic N) is 3. The monoisotopic (exact) mass is 362 g/mol. The zero-order valence-corrected chi connectivity index (χ0v) is 16.5. The minimum absolute atomic E-state index is 0.0268. The lowest BCUT2D eigenvalue weighted by atomic mass is 9.73. The molecule has 142 valence electrons. The highest BCUT2D eigenvalue weighted by molar-refractivity contribution is 5.75. The molecule has 0 saturated heterocycles. The number of unbranched alkanes of at least 4 members (excludes halogenated alkanes) is 1. The summed E-state index contributed by atoms with van der Waals surface area (Å²) in [6.07, 6.45) is 12.7. The molecule has 1 atom stereocenters. The molecule has 0 aliphatic carbocycles. The summed E-state index contributed by atoms with van der Waals surface area (Å²) in [5.41, 5.74) is 4.27. The van der Waals surface area contributed by atoms with Crippen molar-refractivity contribution in [2.45, 2.75) is 46.1 Å². The zero-order valence-electron chi connectivity index (χ0n) is 16.5. The summed E-state index contributed by atoms with van der Waals surface area (Å²) in [6, 6.07) is 7.96. The van der Waals surface area contributed by atoms with Gasteiger partial charge in [-0.2, -0.15) is 0 Å². The Morgan fingerprint density at radius 3 is 2.70 bits per heavy atom. The Hall–Kier alpha value is -2.75. The number of fused-ring (bicyclic) bond motifs is 1. The summed E-state index contributed by atoms with van der Waals surface area (Å²) in [5, 5.41) is 0. The van der Waals surface area contributed by atoms with Gasteiger partial charge in [0.15, 0.2) is 0 Å². The van der Waals surface area contributed by atoms with Gasteiger partial charge in [0.05, 0.1) is 17.6 Å². The first-order valence-electron chi connectivity index (χ1n) is 9.76. The van der Waals surface area contributed by atoms with Crippen molar-refractivity contribution in [2.24, 2.45) is 5.41 Å². The van der Waals surface area contributed by atoms with Crippen LogP contribution in [0.5, 0.6) is 0 Å². The van der Waals surface area contributed by atoms with E-state index in [-0.39, 0.29) is 5.41 Å². The van der Waals surface area contributed by atoms with E-state index in [4.69, 9.17) is 10.8 Å². The van der Waals surface area contributed by atoms with Gasteiger partial charge in [0.25, 0.3) is 0 Å². The number of benzene rings is 1. The molecule has 27 heavy (non-hydrogen) atoms. The Morgan fingerprint density at radius 2 is 2.04 bits per heavy atom. The Labute approximate surface area is 162 Å². The summed E-state index contributed by atoms with van der Waals surface area (Å²) in [7, 11) is 0. The van der Waals surface area contributed by atoms with E-state index in [1.54, 1.807) is 4.68 Å². The Bertz CT molecular complexity index is 902. The number of imidazole rings is 1. The van der Waals surface area contributed by atoms with Crippen LogP contribution in [0.3, 0.4) is 0 Å². The second-order valence-corrected chi connectivity index (χ2v) is 7.18. The number of nitrogens with two attached hydrogens (primary N) is 1. The van der Waals surface area contributed by atoms with E-state index in [1.165, 1.54) is 18.4 Å². The maximum absolute atomic E-state index is 6.31. The molecule has 2 N–H and O–H groups in total. The number of rotatable bonds is 8. The maximum Gasteiger partial charge on any atom is 0.148 e. The van der Waals surface area contributed by atoms with Crippen LogP contribution in [0.4, 0.5) is 0 Å². The normalized spacial score (nSPS) is 20.0. The van der Waals surface area contributed by atoms with Crippen LogP contribution in [0.2, 0.25) is 0 Å². The van der Waals surface area contributed by atoms with E-state index < -0.39 is 0 Å². The van der Waals surface area contributed by atoms with E-state index >= 15 is 0 Å². The van der Waals surface area contributed by atoms with E-state index in [0.717, 1.165) is 35.4 Å². The summed E-state index contributed by atoms with van der Waals surface area (Å²) in [6.45, 7) is 13.4. The van der Waals surface area contributed by atoms with E-state index in [2.05, 4.69) is 44.2 Å². The van der Waals surface area contributed by atoms with Gasteiger partial charge in [-0.3, -0.25) is 0 Å². The third-order valence-corrected chi connectivity index (χ3v) is 5.70. The molecule has 0 amide bonds. The third-order valence-electron chi connectivity index (χ3n) is 5.70. The number of aromatic nitrogens is 2. The van der Waals surface area contributed by atoms with Crippen molar-refractivity contribution in [3.8, 4) is 0 Å². The Morgan fingerprint density at radius 1 is 1.26 bits per heavy atom. The Balaban J connectivity index is 1.96. The summed E-state index contributed by atoms with van der Waals surface area (Å²) in [5.74, 6) is 7.14. The summed E-state index contributed by atoms with van der Waals surface area (Å²) >= 11 is 0. The Kier molecular flexibility index (Phi) is 5.54. The van der Waals surface area contributed by atoms with Crippen LogP contribution >= 0.6 is 0 Å². The molecule has 4 nitrogen and oxygen atoms in total. The van der Waals surface area contributed by atoms with Crippen LogP contribution in [-0.2, 0) is 6.54 Å². The van der Waals surface area contributed by atoms with E-state index in [1.807, 2.05) is 36.4 Å². The molecule has 1 aromatic heterocycles. The van der Waals surface area contributed by atoms with Gasteiger partial charge in [-0.15, -0.1) is 0 Å². The van der Waals surface area contributed by atoms with Crippen LogP contribution in [0.1, 0.15) is 45.4 Å². The molecule has 0 spiro atoms. The summed E-state index contributed by atoms with van der Waals surface area (Å²) in [4.78, 5) is 6.94. The third kappa shape index (κ3) is 3.32. The minimum Gasteiger partial charge on any atom is -0.343 e. The fourth-order valence-electron chi connectivity index (χ4n) is 4.04. The fourth-order valence-corrected chi connectivity index (χ4v) is 4.04. The molecule has 0 bridgehead atoms. The van der Waals surface area contributed by atoms with Gasteiger partial charge in [0, 0.05) is 17.3 Å². The second kappa shape index (κ2) is 7.87. The smallest absolute Gasteiger partial charge is 0.148 e. The zero-order chi connectivity index (χ0) is 19.4. The SMILES string of the molecule is C=C/C=C\C1=CN(Cc2nc3ccccc3n2N)C(=C)C1(CC)CCCC. The van der Waals surface area contributed by atoms with Crippen LogP contribution < -0.4 is 5.84 Å². The lowest BCUT2D eigenvalue weighted by molar-refractivity contribution is 0.314. The molecule has 0 fully saturated rings. The first kappa shape index (κ1) is 19.0. The van der Waals surface area contributed by atoms with Crippen LogP contribution in [-0.4, -0.2) is 14.6 Å². The highest BCUT2D eigenvalue weighted by Gasteiger charge is 2.41. The average molecular weight is 363 g/mol. The van der Waals surface area contributed by atoms with Gasteiger partial charge in [-0.25, -0.2) is 9.66 Å². The summed E-state index contributed by atoms with van der Waals surface area (Å²) < 4.78 is 1.69. The molecule has 4 heteroatoms. The highest BCUT2D eigenvalue weighted by Crippen LogP contribution is 2.50. The van der Waals surface area contributed by atoms with E-state index in [0.29, 0.717) is 6.54 Å². The highest BCUT2D eigenvalue weighted by atomic mass is 15.3. The van der Waals surface area contributed by atoms with Gasteiger partial charge in [0.1, 0.15) is 5.82 Å². The molecule has 1 aromatic carbocycles. The molecular formula is C23H30N4. The molecule has 2 aromatic rings. The van der Waals surface area contributed by atoms with Crippen molar-refractivity contribution in [1.82, 2.24) is 14.6 Å². The number of nitrogen functional groups attached to an aromatic ring is 1. The van der Waals surface area contributed by atoms with Gasteiger partial charge >= 0.3 is 0 Å². The lowest BCUT2D eigenvalue weighted by Gasteiger charge is -2.33. The number of hydrogen-bond acceptors (Lipinski definition) is 3. The molecule has 3 rings (SSSR count). The molecule has 2 heterocycles. The van der Waals surface area contributed by atoms with Gasteiger partial charge < -0.3 is 10.7 Å². The van der Waals surface area contributed by atoms with Gasteiger partial charge in [0.2, 0.25) is 0 Å². The van der Waals surface area contributed by atoms with Crippen LogP contribution in [0.25, 0.3) is 11.0 Å². The molecule has 0 saturated carbocycles. The standard InChI is InChI=1S/C23H30N4/c1-5-8-12-19-16-26(18(4)23(19,7-3)15-9-6-2)17-22-25-20-13-10-11-14-21(20)27(22)24/h5,8,10-14,16H,1,4,6-7,9,15,17,24H2,2-3H3/b12-8-. The van der Waals surface area contributed by atoms with Crippen molar-refractivity contribution in [1.29, 1.82) is 0 Å². The second-order valence-electron chi connectivity index (χ2n) is 7.18. The number of allylic oxidation sites excluding steroid dienone is 4. The first-order valence-corrected chi connectivity index (χ1v) is 9.76. The molecular weight excluding hydrogens is 332 g/mol. The van der Waals surface area contributed by atoms with Gasteiger partial charge in [-0.1, -0.05) is 70.2 Å². The predicted molar refractivity (Wildman–Crippen MR) is 114 cm³/mol. The van der Waals surface area contributed by atoms with Crippen LogP contribution in [0.15, 0.2) is 73.1 Å². The number of para-hydroxylation sites is 2. The largest absolute Gasteiger partial charge is 0.343 e.